The Morgan fingerprint density at radius 1 is 1.00 bits per heavy atom. The molecule has 56 heavy (non-hydrogen) atoms. The molecule has 1 aromatic heterocycles. The van der Waals surface area contributed by atoms with E-state index in [0.717, 1.165) is 52.1 Å². The number of hydrazone groups is 1. The van der Waals surface area contributed by atoms with Crippen molar-refractivity contribution < 1.29 is 14.3 Å². The highest BCUT2D eigenvalue weighted by molar-refractivity contribution is 6.38. The largest absolute Gasteiger partial charge is 0.402 e. The number of carbonyl (C=O) groups is 2. The Kier molecular flexibility index (Phi) is 21.2. The Labute approximate surface area is 337 Å². The number of allylic oxidation sites excluding steroid dienone is 2. The van der Waals surface area contributed by atoms with E-state index in [2.05, 4.69) is 32.7 Å². The van der Waals surface area contributed by atoms with Crippen LogP contribution in [0.5, 0.6) is 0 Å². The van der Waals surface area contributed by atoms with Crippen molar-refractivity contribution in [2.75, 3.05) is 32.1 Å². The van der Waals surface area contributed by atoms with Gasteiger partial charge in [-0.2, -0.15) is 10.2 Å². The number of aromatic nitrogens is 2. The molecule has 0 bridgehead atoms. The normalized spacial score (nSPS) is 12.0. The molecule has 4 aromatic rings. The minimum Gasteiger partial charge on any atom is -0.402 e. The highest BCUT2D eigenvalue weighted by Crippen LogP contribution is 2.27. The number of rotatable bonds is 18. The standard InChI is InChI=1S/C29H35ClN6O3.C12H17N3.C2H6/c1-3-4-5-15-39-16-14-32-19-27(35-31)22-8-6-21(7-9-22)23-10-11-26(30)24(17-23)18-25(20-37)34-29(38)28-12-13-33-36(28)2;1-8(13)12(9(2)14)10-4-6-11(15-3)7-5-10;1-2/h6-13,17,19-20,25H,3-5,14-16,18,31H2,1-2H3,(H,34,38);4-7,13,15H,14H2,1-3H3;1-2H3/b32-19?,35-27+;12-9+,13-8?;. The fourth-order valence-electron chi connectivity index (χ4n) is 5.50. The summed E-state index contributed by atoms with van der Waals surface area (Å²) in [5, 5.41) is 21.8. The minimum absolute atomic E-state index is 0.251. The summed E-state index contributed by atoms with van der Waals surface area (Å²) in [6.45, 7) is 11.6. The van der Waals surface area contributed by atoms with Crippen LogP contribution in [0.25, 0.3) is 16.7 Å². The number of nitrogens with one attached hydrogen (secondary N) is 3. The second-order valence-electron chi connectivity index (χ2n) is 12.5. The van der Waals surface area contributed by atoms with E-state index in [-0.39, 0.29) is 12.3 Å². The molecule has 0 radical (unpaired) electrons. The molecule has 12 nitrogen and oxygen atoms in total. The molecule has 4 rings (SSSR count). The first-order valence-corrected chi connectivity index (χ1v) is 19.2. The second kappa shape index (κ2) is 25.5. The Morgan fingerprint density at radius 3 is 2.21 bits per heavy atom. The molecule has 300 valence electrons. The van der Waals surface area contributed by atoms with Gasteiger partial charge in [-0.05, 0) is 72.9 Å². The summed E-state index contributed by atoms with van der Waals surface area (Å²) in [4.78, 5) is 28.6. The monoisotopic (exact) mass is 783 g/mol. The van der Waals surface area contributed by atoms with Gasteiger partial charge in [0.05, 0.1) is 19.2 Å². The summed E-state index contributed by atoms with van der Waals surface area (Å²) in [6, 6.07) is 22.1. The van der Waals surface area contributed by atoms with Crippen molar-refractivity contribution in [3.63, 3.8) is 0 Å². The number of ether oxygens (including phenoxy) is 1. The van der Waals surface area contributed by atoms with Crippen LogP contribution in [-0.4, -0.2) is 72.5 Å². The zero-order chi connectivity index (χ0) is 41.5. The summed E-state index contributed by atoms with van der Waals surface area (Å²) >= 11 is 6.44. The third-order valence-corrected chi connectivity index (χ3v) is 8.74. The van der Waals surface area contributed by atoms with E-state index in [4.69, 9.17) is 33.3 Å². The summed E-state index contributed by atoms with van der Waals surface area (Å²) in [5.41, 5.74) is 14.2. The molecule has 7 N–H and O–H groups in total. The van der Waals surface area contributed by atoms with E-state index in [9.17, 15) is 9.59 Å². The summed E-state index contributed by atoms with van der Waals surface area (Å²) in [7, 11) is 3.54. The Bertz CT molecular complexity index is 1910. The highest BCUT2D eigenvalue weighted by Gasteiger charge is 2.18. The molecule has 0 spiro atoms. The van der Waals surface area contributed by atoms with Crippen molar-refractivity contribution in [1.29, 1.82) is 5.41 Å². The van der Waals surface area contributed by atoms with Crippen LogP contribution in [0, 0.1) is 5.41 Å². The zero-order valence-corrected chi connectivity index (χ0v) is 34.5. The maximum atomic E-state index is 12.5. The molecule has 0 fully saturated rings. The van der Waals surface area contributed by atoms with Crippen molar-refractivity contribution in [3.8, 4) is 11.1 Å². The van der Waals surface area contributed by atoms with Crippen molar-refractivity contribution >= 4 is 52.7 Å². The van der Waals surface area contributed by atoms with Crippen molar-refractivity contribution in [2.45, 2.75) is 66.3 Å². The van der Waals surface area contributed by atoms with Gasteiger partial charge in [0, 0.05) is 72.8 Å². The minimum atomic E-state index is -0.744. The smallest absolute Gasteiger partial charge is 0.270 e. The number of anilines is 1. The average Bonchev–Trinajstić information content (AvgIpc) is 3.64. The number of hydrogen-bond acceptors (Lipinski definition) is 10. The number of nitrogens with zero attached hydrogens (tertiary/aromatic N) is 4. The number of halogens is 1. The van der Waals surface area contributed by atoms with E-state index < -0.39 is 6.04 Å². The maximum Gasteiger partial charge on any atom is 0.270 e. The summed E-state index contributed by atoms with van der Waals surface area (Å²) < 4.78 is 7.02. The number of unbranched alkanes of at least 4 members (excludes halogenated alkanes) is 2. The number of aldehydes is 1. The number of aliphatic imine (C=N–C) groups is 1. The van der Waals surface area contributed by atoms with Crippen molar-refractivity contribution in [2.24, 2.45) is 28.7 Å². The number of aryl methyl sites for hydroxylation is 1. The molecule has 1 heterocycles. The lowest BCUT2D eigenvalue weighted by Gasteiger charge is -2.15. The molecule has 1 atom stereocenters. The quantitative estimate of drug-likeness (QED) is 0.0225. The first kappa shape index (κ1) is 46.6. The summed E-state index contributed by atoms with van der Waals surface area (Å²) in [5.74, 6) is 5.23. The zero-order valence-electron chi connectivity index (χ0n) is 33.7. The number of nitrogens with two attached hydrogens (primary N) is 2. The van der Waals surface area contributed by atoms with Crippen LogP contribution in [0.3, 0.4) is 0 Å². The van der Waals surface area contributed by atoms with E-state index >= 15 is 0 Å². The Balaban J connectivity index is 0.000000531. The fourth-order valence-corrected chi connectivity index (χ4v) is 5.70. The Morgan fingerprint density at radius 2 is 1.66 bits per heavy atom. The molecule has 0 aliphatic rings. The van der Waals surface area contributed by atoms with Gasteiger partial charge in [0.15, 0.2) is 0 Å². The van der Waals surface area contributed by atoms with Gasteiger partial charge in [-0.15, -0.1) is 0 Å². The summed E-state index contributed by atoms with van der Waals surface area (Å²) in [6.07, 6.45) is 7.55. The van der Waals surface area contributed by atoms with Crippen molar-refractivity contribution in [3.05, 3.63) is 112 Å². The first-order valence-electron chi connectivity index (χ1n) is 18.8. The average molecular weight is 784 g/mol. The lowest BCUT2D eigenvalue weighted by Crippen LogP contribution is -2.38. The Hall–Kier alpha value is -5.59. The van der Waals surface area contributed by atoms with Crippen LogP contribution in [-0.2, 0) is 23.0 Å². The van der Waals surface area contributed by atoms with E-state index in [1.165, 1.54) is 23.7 Å². The molecule has 0 aliphatic heterocycles. The molecule has 0 saturated carbocycles. The van der Waals surface area contributed by atoms with Crippen LogP contribution in [0.15, 0.2) is 94.8 Å². The predicted molar refractivity (Wildman–Crippen MR) is 233 cm³/mol. The molecule has 3 aromatic carbocycles. The fraction of sp³-hybridized carbons (Fsp3) is 0.349. The topological polar surface area (TPSA) is 186 Å². The molecule has 0 saturated heterocycles. The van der Waals surface area contributed by atoms with Crippen LogP contribution in [0.4, 0.5) is 5.69 Å². The van der Waals surface area contributed by atoms with Gasteiger partial charge < -0.3 is 37.2 Å². The van der Waals surface area contributed by atoms with Crippen molar-refractivity contribution in [1.82, 2.24) is 15.1 Å². The van der Waals surface area contributed by atoms with Crippen LogP contribution in [0.2, 0.25) is 5.02 Å². The molecule has 13 heteroatoms. The van der Waals surface area contributed by atoms with E-state index in [1.54, 1.807) is 32.3 Å². The highest BCUT2D eigenvalue weighted by atomic mass is 35.5. The van der Waals surface area contributed by atoms with E-state index in [1.807, 2.05) is 88.5 Å². The second-order valence-corrected chi connectivity index (χ2v) is 12.9. The first-order chi connectivity index (χ1) is 27.0. The van der Waals surface area contributed by atoms with Gasteiger partial charge in [0.1, 0.15) is 17.7 Å². The van der Waals surface area contributed by atoms with Gasteiger partial charge in [-0.25, -0.2) is 0 Å². The third kappa shape index (κ3) is 14.9. The molecular weight excluding hydrogens is 726 g/mol. The maximum absolute atomic E-state index is 12.5. The number of hydrogen-bond donors (Lipinski definition) is 5. The molecule has 1 unspecified atom stereocenters. The number of amides is 1. The van der Waals surface area contributed by atoms with Crippen LogP contribution < -0.4 is 22.2 Å². The van der Waals surface area contributed by atoms with Crippen LogP contribution in [0.1, 0.15) is 81.1 Å². The van der Waals surface area contributed by atoms with Gasteiger partial charge in [-0.1, -0.05) is 87.7 Å². The lowest BCUT2D eigenvalue weighted by molar-refractivity contribution is -0.109. The molecule has 1 amide bonds. The van der Waals surface area contributed by atoms with Gasteiger partial charge in [0.2, 0.25) is 0 Å². The van der Waals surface area contributed by atoms with Gasteiger partial charge in [0.25, 0.3) is 5.91 Å². The predicted octanol–water partition coefficient (Wildman–Crippen LogP) is 7.70. The number of carbonyl (C=O) groups excluding carboxylic acids is 2. The molecule has 0 aliphatic carbocycles. The lowest BCUT2D eigenvalue weighted by atomic mass is 9.98. The SMILES string of the molecule is CC.CCCCCOCCN=C/C(=N\N)c1ccc(-c2ccc(Cl)c(CC(C=O)NC(=O)c3ccnn3C)c2)cc1.CNc1ccc(/C(C(C)=N)=C(\C)N)cc1. The number of benzene rings is 3. The van der Waals surface area contributed by atoms with Gasteiger partial charge >= 0.3 is 0 Å². The van der Waals surface area contributed by atoms with E-state index in [0.29, 0.717) is 47.3 Å². The third-order valence-electron chi connectivity index (χ3n) is 8.38. The van der Waals surface area contributed by atoms with Crippen LogP contribution >= 0.6 is 11.6 Å². The molecular formula is C43H58ClN9O3. The van der Waals surface area contributed by atoms with Gasteiger partial charge in [-0.3, -0.25) is 14.5 Å².